The third-order valence-electron chi connectivity index (χ3n) is 4.66. The molecule has 0 aliphatic carbocycles. The van der Waals surface area contributed by atoms with E-state index in [1.165, 1.54) is 12.8 Å². The van der Waals surface area contributed by atoms with E-state index in [0.717, 1.165) is 37.2 Å². The van der Waals surface area contributed by atoms with Crippen LogP contribution in [0.2, 0.25) is 0 Å². The molecule has 0 aliphatic rings. The van der Waals surface area contributed by atoms with E-state index in [1.807, 2.05) is 24.1 Å². The first kappa shape index (κ1) is 29.5. The molecule has 0 fully saturated rings. The van der Waals surface area contributed by atoms with E-state index in [2.05, 4.69) is 37.6 Å². The zero-order chi connectivity index (χ0) is 19.7. The molecule has 7 heteroatoms. The average molecular weight is 524 g/mol. The number of carbonyl (C=O) groups excluding carboxylic acids is 1. The van der Waals surface area contributed by atoms with E-state index in [4.69, 9.17) is 0 Å². The van der Waals surface area contributed by atoms with Crippen molar-refractivity contribution in [3.05, 3.63) is 24.0 Å². The van der Waals surface area contributed by atoms with Crippen molar-refractivity contribution < 1.29 is 4.79 Å². The standard InChI is InChI=1S/C21H38N4O.2BrH/c1-17(2)24(18(3)4)12-10-8-9-11-13-25(21(26)23(6)7)20-14-19(5)15-22-16-20;;/h14-18H,8-13H2,1-7H3;2*1H. The number of urea groups is 1. The minimum Gasteiger partial charge on any atom is -0.330 e. The summed E-state index contributed by atoms with van der Waals surface area (Å²) in [6.45, 7) is 12.9. The molecule has 0 spiro atoms. The van der Waals surface area contributed by atoms with Crippen LogP contribution in [0.15, 0.2) is 18.5 Å². The molecular weight excluding hydrogens is 484 g/mol. The monoisotopic (exact) mass is 522 g/mol. The van der Waals surface area contributed by atoms with Crippen molar-refractivity contribution in [3.63, 3.8) is 0 Å². The predicted octanol–water partition coefficient (Wildman–Crippen LogP) is 5.71. The Labute approximate surface area is 193 Å². The molecule has 0 N–H and O–H groups in total. The molecule has 1 aromatic heterocycles. The summed E-state index contributed by atoms with van der Waals surface area (Å²) in [5.41, 5.74) is 1.95. The number of aryl methyl sites for hydroxylation is 1. The maximum atomic E-state index is 12.5. The Morgan fingerprint density at radius 2 is 1.46 bits per heavy atom. The number of anilines is 1. The van der Waals surface area contributed by atoms with Crippen LogP contribution in [0.1, 0.15) is 58.9 Å². The van der Waals surface area contributed by atoms with Crippen LogP contribution in [0.4, 0.5) is 10.5 Å². The maximum Gasteiger partial charge on any atom is 0.324 e. The minimum atomic E-state index is 0. The molecule has 0 aliphatic heterocycles. The molecule has 0 atom stereocenters. The summed E-state index contributed by atoms with van der Waals surface area (Å²) in [6, 6.07) is 3.23. The van der Waals surface area contributed by atoms with Crippen LogP contribution >= 0.6 is 34.0 Å². The number of unbranched alkanes of at least 4 members (excludes halogenated alkanes) is 3. The Morgan fingerprint density at radius 1 is 0.929 bits per heavy atom. The van der Waals surface area contributed by atoms with Crippen LogP contribution in [0.25, 0.3) is 0 Å². The van der Waals surface area contributed by atoms with Crippen molar-refractivity contribution in [1.82, 2.24) is 14.8 Å². The van der Waals surface area contributed by atoms with Crippen LogP contribution in [0.3, 0.4) is 0 Å². The minimum absolute atomic E-state index is 0. The highest BCUT2D eigenvalue weighted by molar-refractivity contribution is 8.93. The number of hydrogen-bond donors (Lipinski definition) is 0. The topological polar surface area (TPSA) is 39.7 Å². The zero-order valence-electron chi connectivity index (χ0n) is 18.6. The van der Waals surface area contributed by atoms with E-state index in [0.29, 0.717) is 12.1 Å². The molecule has 28 heavy (non-hydrogen) atoms. The molecule has 0 bridgehead atoms. The van der Waals surface area contributed by atoms with Crippen molar-refractivity contribution >= 4 is 45.7 Å². The van der Waals surface area contributed by atoms with E-state index in [1.54, 1.807) is 25.2 Å². The molecule has 0 unspecified atom stereocenters. The number of aromatic nitrogens is 1. The zero-order valence-corrected chi connectivity index (χ0v) is 22.1. The lowest BCUT2D eigenvalue weighted by Gasteiger charge is -2.30. The number of hydrogen-bond acceptors (Lipinski definition) is 3. The van der Waals surface area contributed by atoms with Gasteiger partial charge in [-0.3, -0.25) is 14.8 Å². The highest BCUT2D eigenvalue weighted by Crippen LogP contribution is 2.17. The normalized spacial score (nSPS) is 10.6. The fourth-order valence-corrected chi connectivity index (χ4v) is 3.29. The quantitative estimate of drug-likeness (QED) is 0.368. The van der Waals surface area contributed by atoms with Crippen molar-refractivity contribution in [3.8, 4) is 0 Å². The molecule has 164 valence electrons. The van der Waals surface area contributed by atoms with Gasteiger partial charge in [-0.1, -0.05) is 12.8 Å². The highest BCUT2D eigenvalue weighted by atomic mass is 79.9. The lowest BCUT2D eigenvalue weighted by molar-refractivity contribution is 0.171. The van der Waals surface area contributed by atoms with Crippen molar-refractivity contribution in [2.24, 2.45) is 0 Å². The molecule has 1 aromatic rings. The first-order valence-corrected chi connectivity index (χ1v) is 9.90. The van der Waals surface area contributed by atoms with E-state index in [-0.39, 0.29) is 40.0 Å². The Bertz CT molecular complexity index is 545. The van der Waals surface area contributed by atoms with Crippen LogP contribution < -0.4 is 4.90 Å². The smallest absolute Gasteiger partial charge is 0.324 e. The lowest BCUT2D eigenvalue weighted by atomic mass is 10.1. The van der Waals surface area contributed by atoms with Gasteiger partial charge in [0.2, 0.25) is 0 Å². The third kappa shape index (κ3) is 10.2. The van der Waals surface area contributed by atoms with Gasteiger partial charge < -0.3 is 4.90 Å². The Morgan fingerprint density at radius 3 is 1.93 bits per heavy atom. The van der Waals surface area contributed by atoms with Gasteiger partial charge in [0, 0.05) is 38.9 Å². The van der Waals surface area contributed by atoms with Crippen molar-refractivity contribution in [2.45, 2.75) is 72.4 Å². The summed E-state index contributed by atoms with van der Waals surface area (Å²) in [5.74, 6) is 0. The average Bonchev–Trinajstić information content (AvgIpc) is 2.56. The third-order valence-corrected chi connectivity index (χ3v) is 4.66. The van der Waals surface area contributed by atoms with E-state index in [9.17, 15) is 4.79 Å². The second-order valence-electron chi connectivity index (χ2n) is 7.89. The molecule has 0 saturated carbocycles. The van der Waals surface area contributed by atoms with Crippen LogP contribution in [-0.2, 0) is 0 Å². The number of amides is 2. The van der Waals surface area contributed by atoms with Gasteiger partial charge in [0.15, 0.2) is 0 Å². The van der Waals surface area contributed by atoms with Gasteiger partial charge in [-0.15, -0.1) is 34.0 Å². The van der Waals surface area contributed by atoms with Crippen molar-refractivity contribution in [2.75, 3.05) is 32.1 Å². The number of nitrogens with zero attached hydrogens (tertiary/aromatic N) is 4. The van der Waals surface area contributed by atoms with Crippen LogP contribution in [0, 0.1) is 6.92 Å². The summed E-state index contributed by atoms with van der Waals surface area (Å²) in [5, 5.41) is 0. The molecule has 5 nitrogen and oxygen atoms in total. The van der Waals surface area contributed by atoms with Crippen LogP contribution in [-0.4, -0.2) is 60.1 Å². The van der Waals surface area contributed by atoms with E-state index < -0.39 is 0 Å². The van der Waals surface area contributed by atoms with Gasteiger partial charge in [0.25, 0.3) is 0 Å². The second kappa shape index (κ2) is 15.2. The molecule has 0 saturated heterocycles. The molecular formula is C21H40Br2N4O. The molecule has 1 heterocycles. The molecule has 0 aromatic carbocycles. The Hall–Kier alpha value is -0.660. The summed E-state index contributed by atoms with van der Waals surface area (Å²) >= 11 is 0. The van der Waals surface area contributed by atoms with Crippen LogP contribution in [0.5, 0.6) is 0 Å². The van der Waals surface area contributed by atoms with Gasteiger partial charge in [-0.05, 0) is 65.6 Å². The number of pyridine rings is 1. The summed E-state index contributed by atoms with van der Waals surface area (Å²) in [4.78, 5) is 22.8. The van der Waals surface area contributed by atoms with Gasteiger partial charge in [0.05, 0.1) is 11.9 Å². The number of rotatable bonds is 10. The first-order valence-electron chi connectivity index (χ1n) is 9.90. The largest absolute Gasteiger partial charge is 0.330 e. The maximum absolute atomic E-state index is 12.5. The summed E-state index contributed by atoms with van der Waals surface area (Å²) in [7, 11) is 3.59. The number of halogens is 2. The molecule has 2 amide bonds. The van der Waals surface area contributed by atoms with Gasteiger partial charge in [-0.2, -0.15) is 0 Å². The number of carbonyl (C=O) groups is 1. The molecule has 0 radical (unpaired) electrons. The fourth-order valence-electron chi connectivity index (χ4n) is 3.29. The van der Waals surface area contributed by atoms with Crippen molar-refractivity contribution in [1.29, 1.82) is 0 Å². The van der Waals surface area contributed by atoms with Gasteiger partial charge in [0.1, 0.15) is 0 Å². The SMILES string of the molecule is Br.Br.Cc1cncc(N(CCCCCCN(C(C)C)C(C)C)C(=O)N(C)C)c1. The first-order chi connectivity index (χ1) is 12.2. The van der Waals surface area contributed by atoms with Gasteiger partial charge in [-0.25, -0.2) is 4.79 Å². The summed E-state index contributed by atoms with van der Waals surface area (Å²) in [6.07, 6.45) is 8.15. The molecule has 1 rings (SSSR count). The fraction of sp³-hybridized carbons (Fsp3) is 0.714. The summed E-state index contributed by atoms with van der Waals surface area (Å²) < 4.78 is 0. The van der Waals surface area contributed by atoms with Gasteiger partial charge >= 0.3 is 6.03 Å². The Balaban J connectivity index is 0. The second-order valence-corrected chi connectivity index (χ2v) is 7.89. The Kier molecular flexibility index (Phi) is 16.1. The highest BCUT2D eigenvalue weighted by Gasteiger charge is 2.18. The lowest BCUT2D eigenvalue weighted by Crippen LogP contribution is -2.40. The van der Waals surface area contributed by atoms with E-state index >= 15 is 0 Å². The predicted molar refractivity (Wildman–Crippen MR) is 131 cm³/mol.